The van der Waals surface area contributed by atoms with Crippen molar-refractivity contribution in [3.8, 4) is 11.8 Å². The molecule has 0 bridgehead atoms. The molecule has 5 nitrogen and oxygen atoms in total. The molecule has 0 atom stereocenters. The Balaban J connectivity index is 1.81. The van der Waals surface area contributed by atoms with Gasteiger partial charge in [0, 0.05) is 5.75 Å². The van der Waals surface area contributed by atoms with Crippen LogP contribution in [0.5, 0.6) is 0 Å². The lowest BCUT2D eigenvalue weighted by Gasteiger charge is -2.05. The van der Waals surface area contributed by atoms with Crippen molar-refractivity contribution in [2.75, 3.05) is 0 Å². The van der Waals surface area contributed by atoms with E-state index in [0.29, 0.717) is 16.5 Å². The largest absolute Gasteiger partial charge is 0.214 e. The molecule has 0 aliphatic heterocycles. The fourth-order valence-corrected chi connectivity index (χ4v) is 2.79. The molecule has 21 heavy (non-hydrogen) atoms. The molecule has 6 heteroatoms. The van der Waals surface area contributed by atoms with Crippen molar-refractivity contribution in [3.05, 3.63) is 65.7 Å². The van der Waals surface area contributed by atoms with Gasteiger partial charge in [0.1, 0.15) is 0 Å². The zero-order valence-electron chi connectivity index (χ0n) is 11.0. The molecule has 3 aromatic rings. The Bertz CT molecular complexity index is 776. The second-order valence-corrected chi connectivity index (χ2v) is 5.21. The smallest absolute Gasteiger partial charge is 0.192 e. The van der Waals surface area contributed by atoms with Gasteiger partial charge in [0.25, 0.3) is 0 Å². The third-order valence-electron chi connectivity index (χ3n) is 2.94. The number of tetrazole rings is 1. The number of nitriles is 1. The fourth-order valence-electron chi connectivity index (χ4n) is 1.90. The van der Waals surface area contributed by atoms with Crippen LogP contribution in [-0.4, -0.2) is 20.2 Å². The molecule has 0 saturated carbocycles. The Labute approximate surface area is 126 Å². The summed E-state index contributed by atoms with van der Waals surface area (Å²) in [6.07, 6.45) is 0. The van der Waals surface area contributed by atoms with Gasteiger partial charge in [0.2, 0.25) is 5.16 Å². The van der Waals surface area contributed by atoms with Gasteiger partial charge in [-0.3, -0.25) is 0 Å². The number of thioether (sulfide) groups is 1. The average molecular weight is 293 g/mol. The first-order chi connectivity index (χ1) is 10.4. The van der Waals surface area contributed by atoms with Gasteiger partial charge in [0.05, 0.1) is 17.3 Å². The molecule has 102 valence electrons. The van der Waals surface area contributed by atoms with Crippen LogP contribution < -0.4 is 0 Å². The van der Waals surface area contributed by atoms with E-state index in [9.17, 15) is 0 Å². The fraction of sp³-hybridized carbons (Fsp3) is 0.0667. The zero-order valence-corrected chi connectivity index (χ0v) is 11.9. The van der Waals surface area contributed by atoms with Crippen molar-refractivity contribution in [3.63, 3.8) is 0 Å². The van der Waals surface area contributed by atoms with Crippen LogP contribution in [0, 0.1) is 11.3 Å². The molecule has 0 N–H and O–H groups in total. The lowest BCUT2D eigenvalue weighted by Crippen LogP contribution is -1.99. The van der Waals surface area contributed by atoms with Crippen molar-refractivity contribution in [2.45, 2.75) is 10.9 Å². The van der Waals surface area contributed by atoms with Crippen molar-refractivity contribution < 1.29 is 0 Å². The highest BCUT2D eigenvalue weighted by Crippen LogP contribution is 2.23. The molecule has 1 aromatic heterocycles. The molecular formula is C15H11N5S. The zero-order chi connectivity index (χ0) is 14.5. The SMILES string of the molecule is N#Cc1ccccc1CSc1nnnn1-c1ccccc1. The maximum Gasteiger partial charge on any atom is 0.214 e. The van der Waals surface area contributed by atoms with Gasteiger partial charge in [-0.1, -0.05) is 48.2 Å². The highest BCUT2D eigenvalue weighted by molar-refractivity contribution is 7.98. The molecule has 0 aliphatic carbocycles. The number of nitrogens with zero attached hydrogens (tertiary/aromatic N) is 5. The first-order valence-electron chi connectivity index (χ1n) is 6.33. The molecule has 0 amide bonds. The summed E-state index contributed by atoms with van der Waals surface area (Å²) >= 11 is 1.51. The van der Waals surface area contributed by atoms with Crippen molar-refractivity contribution in [2.24, 2.45) is 0 Å². The lowest BCUT2D eigenvalue weighted by molar-refractivity contribution is 0.756. The summed E-state index contributed by atoms with van der Waals surface area (Å²) in [6, 6.07) is 19.5. The molecular weight excluding hydrogens is 282 g/mol. The summed E-state index contributed by atoms with van der Waals surface area (Å²) in [5.74, 6) is 0.650. The number of para-hydroxylation sites is 1. The topological polar surface area (TPSA) is 67.4 Å². The highest BCUT2D eigenvalue weighted by atomic mass is 32.2. The van der Waals surface area contributed by atoms with Gasteiger partial charge in [-0.15, -0.1) is 5.10 Å². The molecule has 0 fully saturated rings. The van der Waals surface area contributed by atoms with E-state index in [1.54, 1.807) is 4.68 Å². The number of hydrogen-bond donors (Lipinski definition) is 0. The minimum atomic E-state index is 0.650. The Kier molecular flexibility index (Phi) is 3.94. The summed E-state index contributed by atoms with van der Waals surface area (Å²) in [5.41, 5.74) is 2.58. The number of rotatable bonds is 4. The van der Waals surface area contributed by atoms with Crippen LogP contribution >= 0.6 is 11.8 Å². The Morgan fingerprint density at radius 1 is 1.05 bits per heavy atom. The van der Waals surface area contributed by atoms with Gasteiger partial charge in [0.15, 0.2) is 0 Å². The van der Waals surface area contributed by atoms with E-state index in [1.165, 1.54) is 11.8 Å². The summed E-state index contributed by atoms with van der Waals surface area (Å²) < 4.78 is 1.69. The third kappa shape index (κ3) is 2.93. The number of benzene rings is 2. The standard InChI is InChI=1S/C15H11N5S/c16-10-12-6-4-5-7-13(12)11-21-15-17-18-19-20(15)14-8-2-1-3-9-14/h1-9H,11H2. The van der Waals surface area contributed by atoms with Gasteiger partial charge in [-0.2, -0.15) is 9.94 Å². The van der Waals surface area contributed by atoms with E-state index in [1.807, 2.05) is 54.6 Å². The van der Waals surface area contributed by atoms with Crippen LogP contribution in [0.3, 0.4) is 0 Å². The van der Waals surface area contributed by atoms with Crippen LogP contribution in [0.2, 0.25) is 0 Å². The maximum atomic E-state index is 9.10. The summed E-state index contributed by atoms with van der Waals surface area (Å²) in [6.45, 7) is 0. The Morgan fingerprint density at radius 3 is 2.62 bits per heavy atom. The van der Waals surface area contributed by atoms with Gasteiger partial charge < -0.3 is 0 Å². The summed E-state index contributed by atoms with van der Waals surface area (Å²) in [4.78, 5) is 0. The van der Waals surface area contributed by atoms with Gasteiger partial charge in [-0.25, -0.2) is 0 Å². The molecule has 0 unspecified atom stereocenters. The first-order valence-corrected chi connectivity index (χ1v) is 7.31. The average Bonchev–Trinajstić information content (AvgIpc) is 3.02. The summed E-state index contributed by atoms with van der Waals surface area (Å²) in [5, 5.41) is 21.6. The van der Waals surface area contributed by atoms with E-state index in [2.05, 4.69) is 21.6 Å². The number of hydrogen-bond acceptors (Lipinski definition) is 5. The van der Waals surface area contributed by atoms with Crippen LogP contribution in [-0.2, 0) is 5.75 Å². The molecule has 0 aliphatic rings. The van der Waals surface area contributed by atoms with Crippen molar-refractivity contribution in [1.82, 2.24) is 20.2 Å². The van der Waals surface area contributed by atoms with E-state index in [4.69, 9.17) is 5.26 Å². The lowest BCUT2D eigenvalue weighted by atomic mass is 10.1. The quantitative estimate of drug-likeness (QED) is 0.692. The molecule has 0 radical (unpaired) electrons. The molecule has 0 saturated heterocycles. The monoisotopic (exact) mass is 293 g/mol. The predicted octanol–water partition coefficient (Wildman–Crippen LogP) is 2.83. The Morgan fingerprint density at radius 2 is 1.81 bits per heavy atom. The van der Waals surface area contributed by atoms with Crippen molar-refractivity contribution >= 4 is 11.8 Å². The third-order valence-corrected chi connectivity index (χ3v) is 3.90. The minimum Gasteiger partial charge on any atom is -0.192 e. The molecule has 0 spiro atoms. The second kappa shape index (κ2) is 6.20. The van der Waals surface area contributed by atoms with E-state index in [-0.39, 0.29) is 0 Å². The maximum absolute atomic E-state index is 9.10. The van der Waals surface area contributed by atoms with E-state index < -0.39 is 0 Å². The van der Waals surface area contributed by atoms with Gasteiger partial charge in [-0.05, 0) is 34.2 Å². The van der Waals surface area contributed by atoms with Gasteiger partial charge >= 0.3 is 0 Å². The highest BCUT2D eigenvalue weighted by Gasteiger charge is 2.10. The van der Waals surface area contributed by atoms with Crippen LogP contribution in [0.15, 0.2) is 59.8 Å². The normalized spacial score (nSPS) is 10.2. The van der Waals surface area contributed by atoms with E-state index in [0.717, 1.165) is 11.3 Å². The molecule has 1 heterocycles. The Hall–Kier alpha value is -2.65. The van der Waals surface area contributed by atoms with Crippen LogP contribution in [0.4, 0.5) is 0 Å². The second-order valence-electron chi connectivity index (χ2n) is 4.27. The molecule has 3 rings (SSSR count). The molecule has 2 aromatic carbocycles. The minimum absolute atomic E-state index is 0.650. The van der Waals surface area contributed by atoms with Crippen molar-refractivity contribution in [1.29, 1.82) is 5.26 Å². The number of aromatic nitrogens is 4. The predicted molar refractivity (Wildman–Crippen MR) is 79.9 cm³/mol. The van der Waals surface area contributed by atoms with Crippen LogP contribution in [0.1, 0.15) is 11.1 Å². The summed E-state index contributed by atoms with van der Waals surface area (Å²) in [7, 11) is 0. The van der Waals surface area contributed by atoms with Crippen LogP contribution in [0.25, 0.3) is 5.69 Å². The first kappa shape index (κ1) is 13.3. The van der Waals surface area contributed by atoms with E-state index >= 15 is 0 Å².